The molecule has 0 radical (unpaired) electrons. The lowest BCUT2D eigenvalue weighted by atomic mass is 9.91. The van der Waals surface area contributed by atoms with Crippen molar-refractivity contribution >= 4 is 28.3 Å². The molecule has 0 fully saturated rings. The van der Waals surface area contributed by atoms with Gasteiger partial charge in [0.05, 0.1) is 0 Å². The number of nitrogens with zero attached hydrogens (tertiary/aromatic N) is 2. The molecule has 0 saturated carbocycles. The molecule has 1 unspecified atom stereocenters. The molecular weight excluding hydrogens is 415 g/mol. The summed E-state index contributed by atoms with van der Waals surface area (Å²) >= 11 is 1.18. The second-order valence-electron chi connectivity index (χ2n) is 8.46. The minimum Gasteiger partial charge on any atom is -0.344 e. The van der Waals surface area contributed by atoms with Gasteiger partial charge in [-0.1, -0.05) is 62.4 Å². The van der Waals surface area contributed by atoms with Gasteiger partial charge < -0.3 is 5.32 Å². The van der Waals surface area contributed by atoms with E-state index in [1.54, 1.807) is 12.1 Å². The number of anilines is 1. The highest BCUT2D eigenvalue weighted by Gasteiger charge is 2.25. The van der Waals surface area contributed by atoms with Crippen molar-refractivity contribution < 1.29 is 14.0 Å². The number of amides is 2. The van der Waals surface area contributed by atoms with Crippen LogP contribution >= 0.6 is 11.3 Å². The average molecular weight is 441 g/mol. The third kappa shape index (κ3) is 6.96. The summed E-state index contributed by atoms with van der Waals surface area (Å²) in [7, 11) is 0. The molecule has 162 valence electrons. The van der Waals surface area contributed by atoms with Gasteiger partial charge in [-0.2, -0.15) is 0 Å². The molecule has 0 aliphatic heterocycles. The molecule has 3 aromatic rings. The van der Waals surface area contributed by atoms with Crippen LogP contribution in [-0.4, -0.2) is 28.1 Å². The number of rotatable bonds is 7. The lowest BCUT2D eigenvalue weighted by Gasteiger charge is -2.22. The number of hydrogen-bond acceptors (Lipinski definition) is 5. The predicted molar refractivity (Wildman–Crippen MR) is 120 cm³/mol. The highest BCUT2D eigenvalue weighted by molar-refractivity contribution is 7.18. The van der Waals surface area contributed by atoms with Gasteiger partial charge >= 0.3 is 0 Å². The standard InChI is InChI=1S/C23H25FN4O2S/c1-23(2,3)14-19(29)25-18(13-15-7-5-4-6-8-15)20(30)26-22-28-27-21(31-22)16-9-11-17(24)12-10-16/h4-12,18H,13-14H2,1-3H3,(H,25,29)(H,26,28,30). The van der Waals surface area contributed by atoms with Crippen LogP contribution in [0.3, 0.4) is 0 Å². The number of carbonyl (C=O) groups is 2. The van der Waals surface area contributed by atoms with Crippen LogP contribution in [0, 0.1) is 11.2 Å². The van der Waals surface area contributed by atoms with E-state index in [9.17, 15) is 14.0 Å². The monoisotopic (exact) mass is 440 g/mol. The molecule has 0 saturated heterocycles. The van der Waals surface area contributed by atoms with Crippen LogP contribution in [0.5, 0.6) is 0 Å². The number of hydrogen-bond donors (Lipinski definition) is 2. The first-order valence-electron chi connectivity index (χ1n) is 9.93. The molecule has 0 aliphatic carbocycles. The van der Waals surface area contributed by atoms with Crippen LogP contribution in [-0.2, 0) is 16.0 Å². The summed E-state index contributed by atoms with van der Waals surface area (Å²) in [5, 5.41) is 14.6. The Balaban J connectivity index is 1.73. The van der Waals surface area contributed by atoms with Gasteiger partial charge in [0.25, 0.3) is 0 Å². The Morgan fingerprint density at radius 2 is 1.71 bits per heavy atom. The van der Waals surface area contributed by atoms with Crippen molar-refractivity contribution in [3.63, 3.8) is 0 Å². The van der Waals surface area contributed by atoms with E-state index >= 15 is 0 Å². The molecule has 0 spiro atoms. The van der Waals surface area contributed by atoms with E-state index in [4.69, 9.17) is 0 Å². The molecule has 2 amide bonds. The lowest BCUT2D eigenvalue weighted by Crippen LogP contribution is -2.46. The number of nitrogens with one attached hydrogen (secondary N) is 2. The van der Waals surface area contributed by atoms with Gasteiger partial charge in [0.15, 0.2) is 0 Å². The van der Waals surface area contributed by atoms with Gasteiger partial charge in [0, 0.05) is 18.4 Å². The second-order valence-corrected chi connectivity index (χ2v) is 9.43. The Morgan fingerprint density at radius 1 is 1.03 bits per heavy atom. The van der Waals surface area contributed by atoms with Crippen LogP contribution in [0.2, 0.25) is 0 Å². The van der Waals surface area contributed by atoms with Crippen LogP contribution < -0.4 is 10.6 Å². The molecule has 3 rings (SSSR count). The van der Waals surface area contributed by atoms with Crippen molar-refractivity contribution in [2.45, 2.75) is 39.7 Å². The first kappa shape index (κ1) is 22.6. The van der Waals surface area contributed by atoms with Crippen molar-refractivity contribution in [2.24, 2.45) is 5.41 Å². The predicted octanol–water partition coefficient (Wildman–Crippen LogP) is 4.45. The first-order valence-corrected chi connectivity index (χ1v) is 10.7. The van der Waals surface area contributed by atoms with E-state index in [-0.39, 0.29) is 23.0 Å². The summed E-state index contributed by atoms with van der Waals surface area (Å²) in [6, 6.07) is 14.6. The number of aromatic nitrogens is 2. The quantitative estimate of drug-likeness (QED) is 0.569. The summed E-state index contributed by atoms with van der Waals surface area (Å²) in [4.78, 5) is 25.5. The van der Waals surface area contributed by atoms with E-state index < -0.39 is 6.04 Å². The zero-order valence-electron chi connectivity index (χ0n) is 17.7. The van der Waals surface area contributed by atoms with Gasteiger partial charge in [-0.3, -0.25) is 14.9 Å². The molecule has 6 nitrogen and oxygen atoms in total. The molecule has 1 heterocycles. The van der Waals surface area contributed by atoms with Gasteiger partial charge in [0.1, 0.15) is 16.9 Å². The van der Waals surface area contributed by atoms with E-state index in [2.05, 4.69) is 20.8 Å². The van der Waals surface area contributed by atoms with Gasteiger partial charge in [-0.25, -0.2) is 4.39 Å². The topological polar surface area (TPSA) is 84.0 Å². The first-order chi connectivity index (χ1) is 14.7. The second kappa shape index (κ2) is 9.78. The molecule has 31 heavy (non-hydrogen) atoms. The van der Waals surface area contributed by atoms with Crippen LogP contribution in [0.4, 0.5) is 9.52 Å². The maximum Gasteiger partial charge on any atom is 0.249 e. The third-order valence-electron chi connectivity index (χ3n) is 4.37. The summed E-state index contributed by atoms with van der Waals surface area (Å²) < 4.78 is 13.1. The zero-order valence-corrected chi connectivity index (χ0v) is 18.5. The Bertz CT molecular complexity index is 1030. The maximum absolute atomic E-state index is 13.1. The summed E-state index contributed by atoms with van der Waals surface area (Å²) in [5.74, 6) is -0.891. The van der Waals surface area contributed by atoms with Crippen molar-refractivity contribution in [2.75, 3.05) is 5.32 Å². The van der Waals surface area contributed by atoms with Crippen molar-refractivity contribution in [3.8, 4) is 10.6 Å². The van der Waals surface area contributed by atoms with Gasteiger partial charge in [0.2, 0.25) is 16.9 Å². The highest BCUT2D eigenvalue weighted by Crippen LogP contribution is 2.26. The number of carbonyl (C=O) groups excluding carboxylic acids is 2. The van der Waals surface area contributed by atoms with Gasteiger partial charge in [-0.15, -0.1) is 10.2 Å². The lowest BCUT2D eigenvalue weighted by molar-refractivity contribution is -0.127. The Morgan fingerprint density at radius 3 is 2.35 bits per heavy atom. The largest absolute Gasteiger partial charge is 0.344 e. The minimum atomic E-state index is -0.754. The summed E-state index contributed by atoms with van der Waals surface area (Å²) in [6.07, 6.45) is 0.658. The Kier molecular flexibility index (Phi) is 7.12. The number of benzene rings is 2. The molecule has 8 heteroatoms. The normalized spacial score (nSPS) is 12.3. The van der Waals surface area contributed by atoms with E-state index in [1.807, 2.05) is 51.1 Å². The summed E-state index contributed by atoms with van der Waals surface area (Å²) in [5.41, 5.74) is 1.45. The molecular formula is C23H25FN4O2S. The molecule has 0 aliphatic rings. The molecule has 2 aromatic carbocycles. The fourth-order valence-corrected chi connectivity index (χ4v) is 3.71. The molecule has 0 bridgehead atoms. The average Bonchev–Trinajstić information content (AvgIpc) is 3.16. The van der Waals surface area contributed by atoms with E-state index in [0.29, 0.717) is 28.5 Å². The molecule has 1 aromatic heterocycles. The van der Waals surface area contributed by atoms with Crippen molar-refractivity contribution in [1.29, 1.82) is 0 Å². The fourth-order valence-electron chi connectivity index (χ4n) is 2.96. The Hall–Kier alpha value is -3.13. The minimum absolute atomic E-state index is 0.187. The SMILES string of the molecule is CC(C)(C)CC(=O)NC(Cc1ccccc1)C(=O)Nc1nnc(-c2ccc(F)cc2)s1. The van der Waals surface area contributed by atoms with Crippen molar-refractivity contribution in [3.05, 3.63) is 66.0 Å². The smallest absolute Gasteiger partial charge is 0.249 e. The van der Waals surface area contributed by atoms with E-state index in [0.717, 1.165) is 5.56 Å². The molecule has 1 atom stereocenters. The molecule has 2 N–H and O–H groups in total. The maximum atomic E-state index is 13.1. The highest BCUT2D eigenvalue weighted by atomic mass is 32.1. The van der Waals surface area contributed by atoms with Crippen LogP contribution in [0.15, 0.2) is 54.6 Å². The third-order valence-corrected chi connectivity index (χ3v) is 5.26. The van der Waals surface area contributed by atoms with Gasteiger partial charge in [-0.05, 0) is 35.2 Å². The summed E-state index contributed by atoms with van der Waals surface area (Å²) in [6.45, 7) is 5.91. The van der Waals surface area contributed by atoms with Crippen molar-refractivity contribution in [1.82, 2.24) is 15.5 Å². The zero-order chi connectivity index (χ0) is 22.4. The van der Waals surface area contributed by atoms with E-state index in [1.165, 1.54) is 23.5 Å². The van der Waals surface area contributed by atoms with Crippen LogP contribution in [0.25, 0.3) is 10.6 Å². The Labute approximate surface area is 184 Å². The fraction of sp³-hybridized carbons (Fsp3) is 0.304. The van der Waals surface area contributed by atoms with Crippen LogP contribution in [0.1, 0.15) is 32.8 Å². The number of halogens is 1.